The van der Waals surface area contributed by atoms with Crippen molar-refractivity contribution >= 4 is 5.91 Å². The molecule has 0 heterocycles. The van der Waals surface area contributed by atoms with E-state index in [9.17, 15) is 9.18 Å². The molecule has 0 spiro atoms. The van der Waals surface area contributed by atoms with Crippen molar-refractivity contribution in [2.45, 2.75) is 6.54 Å². The molecule has 0 saturated carbocycles. The Morgan fingerprint density at radius 1 is 0.962 bits per heavy atom. The molecule has 0 aromatic heterocycles. The number of rotatable bonds is 9. The van der Waals surface area contributed by atoms with E-state index in [2.05, 4.69) is 10.6 Å². The monoisotopic (exact) mass is 362 g/mol. The fourth-order valence-corrected chi connectivity index (χ4v) is 2.41. The molecule has 2 aromatic carbocycles. The first-order valence-corrected chi connectivity index (χ1v) is 8.12. The lowest BCUT2D eigenvalue weighted by Gasteiger charge is -2.14. The third-order valence-electron chi connectivity index (χ3n) is 3.76. The molecule has 0 atom stereocenters. The molecule has 2 aromatic rings. The van der Waals surface area contributed by atoms with Crippen LogP contribution in [-0.4, -0.2) is 40.3 Å². The van der Waals surface area contributed by atoms with Crippen LogP contribution in [0.3, 0.4) is 0 Å². The summed E-state index contributed by atoms with van der Waals surface area (Å²) in [6.45, 7) is 1.62. The SMILES string of the molecule is COc1cc(C(=O)NCCNCc2ccc(F)cc2)cc(OC)c1OC. The van der Waals surface area contributed by atoms with Crippen molar-refractivity contribution in [2.24, 2.45) is 0 Å². The highest BCUT2D eigenvalue weighted by molar-refractivity contribution is 5.95. The van der Waals surface area contributed by atoms with Crippen molar-refractivity contribution in [3.8, 4) is 17.2 Å². The number of benzene rings is 2. The van der Waals surface area contributed by atoms with Gasteiger partial charge in [-0.3, -0.25) is 4.79 Å². The zero-order chi connectivity index (χ0) is 18.9. The van der Waals surface area contributed by atoms with Gasteiger partial charge in [-0.05, 0) is 29.8 Å². The van der Waals surface area contributed by atoms with Gasteiger partial charge in [-0.2, -0.15) is 0 Å². The fourth-order valence-electron chi connectivity index (χ4n) is 2.41. The highest BCUT2D eigenvalue weighted by Gasteiger charge is 2.16. The average Bonchev–Trinajstić information content (AvgIpc) is 2.67. The molecule has 2 N–H and O–H groups in total. The summed E-state index contributed by atoms with van der Waals surface area (Å²) in [5, 5.41) is 6.01. The van der Waals surface area contributed by atoms with Crippen molar-refractivity contribution in [1.29, 1.82) is 0 Å². The molecule has 6 nitrogen and oxygen atoms in total. The highest BCUT2D eigenvalue weighted by atomic mass is 19.1. The summed E-state index contributed by atoms with van der Waals surface area (Å²) in [4.78, 5) is 12.3. The molecule has 0 bridgehead atoms. The Hall–Kier alpha value is -2.80. The van der Waals surface area contributed by atoms with Crippen molar-refractivity contribution in [2.75, 3.05) is 34.4 Å². The first-order valence-electron chi connectivity index (χ1n) is 8.12. The number of carbonyl (C=O) groups is 1. The Bertz CT molecular complexity index is 710. The molecule has 2 rings (SSSR count). The number of hydrogen-bond donors (Lipinski definition) is 2. The smallest absolute Gasteiger partial charge is 0.251 e. The van der Waals surface area contributed by atoms with E-state index in [0.29, 0.717) is 42.4 Å². The van der Waals surface area contributed by atoms with E-state index < -0.39 is 0 Å². The lowest BCUT2D eigenvalue weighted by molar-refractivity contribution is 0.0953. The van der Waals surface area contributed by atoms with Crippen molar-refractivity contribution < 1.29 is 23.4 Å². The zero-order valence-corrected chi connectivity index (χ0v) is 15.1. The van der Waals surface area contributed by atoms with Gasteiger partial charge in [0.05, 0.1) is 21.3 Å². The van der Waals surface area contributed by atoms with Crippen LogP contribution < -0.4 is 24.8 Å². The third-order valence-corrected chi connectivity index (χ3v) is 3.76. The summed E-state index contributed by atoms with van der Waals surface area (Å²) >= 11 is 0. The lowest BCUT2D eigenvalue weighted by atomic mass is 10.1. The Balaban J connectivity index is 1.86. The largest absolute Gasteiger partial charge is 0.493 e. The van der Waals surface area contributed by atoms with Gasteiger partial charge >= 0.3 is 0 Å². The molecule has 0 radical (unpaired) electrons. The van der Waals surface area contributed by atoms with Gasteiger partial charge in [-0.1, -0.05) is 12.1 Å². The topological polar surface area (TPSA) is 68.8 Å². The van der Waals surface area contributed by atoms with Gasteiger partial charge in [0, 0.05) is 25.2 Å². The van der Waals surface area contributed by atoms with Crippen LogP contribution in [0.25, 0.3) is 0 Å². The number of amides is 1. The van der Waals surface area contributed by atoms with E-state index in [4.69, 9.17) is 14.2 Å². The molecule has 1 amide bonds. The first-order chi connectivity index (χ1) is 12.6. The van der Waals surface area contributed by atoms with Crippen molar-refractivity contribution in [1.82, 2.24) is 10.6 Å². The predicted molar refractivity (Wildman–Crippen MR) is 96.5 cm³/mol. The molecule has 0 unspecified atom stereocenters. The molecule has 0 aliphatic carbocycles. The van der Waals surface area contributed by atoms with E-state index in [0.717, 1.165) is 5.56 Å². The maximum atomic E-state index is 12.8. The van der Waals surface area contributed by atoms with E-state index in [1.165, 1.54) is 33.5 Å². The van der Waals surface area contributed by atoms with Crippen LogP contribution in [0.15, 0.2) is 36.4 Å². The summed E-state index contributed by atoms with van der Waals surface area (Å²) in [5.74, 6) is 0.782. The summed E-state index contributed by atoms with van der Waals surface area (Å²) in [7, 11) is 4.50. The minimum atomic E-state index is -0.258. The first kappa shape index (κ1) is 19.5. The normalized spacial score (nSPS) is 10.3. The second-order valence-corrected chi connectivity index (χ2v) is 5.47. The summed E-state index contributed by atoms with van der Waals surface area (Å²) < 4.78 is 28.6. The van der Waals surface area contributed by atoms with Crippen molar-refractivity contribution in [3.63, 3.8) is 0 Å². The fraction of sp³-hybridized carbons (Fsp3) is 0.316. The average molecular weight is 362 g/mol. The van der Waals surface area contributed by atoms with Crippen LogP contribution in [-0.2, 0) is 6.54 Å². The van der Waals surface area contributed by atoms with E-state index in [1.54, 1.807) is 24.3 Å². The Kier molecular flexibility index (Phi) is 7.23. The minimum absolute atomic E-state index is 0.243. The summed E-state index contributed by atoms with van der Waals surface area (Å²) in [5.41, 5.74) is 1.39. The van der Waals surface area contributed by atoms with E-state index in [-0.39, 0.29) is 11.7 Å². The van der Waals surface area contributed by atoms with Gasteiger partial charge in [0.1, 0.15) is 5.82 Å². The standard InChI is InChI=1S/C19H23FN2O4/c1-24-16-10-14(11-17(25-2)18(16)26-3)19(23)22-9-8-21-12-13-4-6-15(20)7-5-13/h4-7,10-11,21H,8-9,12H2,1-3H3,(H,22,23). The molecule has 0 aliphatic rings. The van der Waals surface area contributed by atoms with Crippen molar-refractivity contribution in [3.05, 3.63) is 53.3 Å². The van der Waals surface area contributed by atoms with Crippen LogP contribution in [0.4, 0.5) is 4.39 Å². The molecular weight excluding hydrogens is 339 g/mol. The van der Waals surface area contributed by atoms with Gasteiger partial charge in [-0.15, -0.1) is 0 Å². The lowest BCUT2D eigenvalue weighted by Crippen LogP contribution is -2.31. The second kappa shape index (κ2) is 9.62. The van der Waals surface area contributed by atoms with E-state index >= 15 is 0 Å². The predicted octanol–water partition coefficient (Wildman–Crippen LogP) is 2.37. The number of halogens is 1. The maximum absolute atomic E-state index is 12.8. The minimum Gasteiger partial charge on any atom is -0.493 e. The van der Waals surface area contributed by atoms with Crippen LogP contribution in [0, 0.1) is 5.82 Å². The number of carbonyl (C=O) groups excluding carboxylic acids is 1. The Labute approximate surface area is 152 Å². The Morgan fingerprint density at radius 2 is 1.58 bits per heavy atom. The van der Waals surface area contributed by atoms with Gasteiger partial charge in [0.15, 0.2) is 11.5 Å². The van der Waals surface area contributed by atoms with Crippen LogP contribution in [0.1, 0.15) is 15.9 Å². The second-order valence-electron chi connectivity index (χ2n) is 5.47. The van der Waals surface area contributed by atoms with Gasteiger partial charge in [0.2, 0.25) is 5.75 Å². The molecule has 0 saturated heterocycles. The van der Waals surface area contributed by atoms with Gasteiger partial charge in [0.25, 0.3) is 5.91 Å². The van der Waals surface area contributed by atoms with Gasteiger partial charge in [-0.25, -0.2) is 4.39 Å². The quantitative estimate of drug-likeness (QED) is 0.671. The molecule has 7 heteroatoms. The summed E-state index contributed by atoms with van der Waals surface area (Å²) in [6, 6.07) is 9.48. The zero-order valence-electron chi connectivity index (χ0n) is 15.1. The molecule has 0 fully saturated rings. The van der Waals surface area contributed by atoms with Crippen LogP contribution >= 0.6 is 0 Å². The number of hydrogen-bond acceptors (Lipinski definition) is 5. The molecule has 0 aliphatic heterocycles. The highest BCUT2D eigenvalue weighted by Crippen LogP contribution is 2.38. The third kappa shape index (κ3) is 5.10. The molecule has 140 valence electrons. The molecule has 26 heavy (non-hydrogen) atoms. The van der Waals surface area contributed by atoms with E-state index in [1.807, 2.05) is 0 Å². The number of nitrogens with one attached hydrogen (secondary N) is 2. The maximum Gasteiger partial charge on any atom is 0.251 e. The van der Waals surface area contributed by atoms with Crippen LogP contribution in [0.2, 0.25) is 0 Å². The Morgan fingerprint density at radius 3 is 2.12 bits per heavy atom. The number of methoxy groups -OCH3 is 3. The summed E-state index contributed by atoms with van der Waals surface area (Å²) in [6.07, 6.45) is 0. The van der Waals surface area contributed by atoms with Gasteiger partial charge < -0.3 is 24.8 Å². The number of ether oxygens (including phenoxy) is 3. The van der Waals surface area contributed by atoms with Crippen LogP contribution in [0.5, 0.6) is 17.2 Å². The molecular formula is C19H23FN2O4.